The van der Waals surface area contributed by atoms with E-state index >= 15 is 0 Å². The van der Waals surface area contributed by atoms with E-state index in [1.807, 2.05) is 0 Å². The van der Waals surface area contributed by atoms with Gasteiger partial charge in [0, 0.05) is 44.3 Å². The van der Waals surface area contributed by atoms with Crippen LogP contribution in [0.5, 0.6) is 0 Å². The molecule has 0 saturated carbocycles. The highest BCUT2D eigenvalue weighted by atomic mass is 127. The van der Waals surface area contributed by atoms with Crippen molar-refractivity contribution in [1.82, 2.24) is 20.9 Å². The van der Waals surface area contributed by atoms with Crippen molar-refractivity contribution >= 4 is 29.9 Å². The molecule has 0 spiro atoms. The van der Waals surface area contributed by atoms with Crippen LogP contribution in [0.1, 0.15) is 54.4 Å². The molecule has 1 heterocycles. The number of rotatable bonds is 9. The van der Waals surface area contributed by atoms with E-state index in [4.69, 9.17) is 9.73 Å². The molecular formula is C19H42IN5O. The molecule has 0 atom stereocenters. The molecule has 1 saturated heterocycles. The predicted octanol–water partition coefficient (Wildman–Crippen LogP) is 2.44. The smallest absolute Gasteiger partial charge is 0.191 e. The number of nitrogens with zero attached hydrogens (tertiary/aromatic N) is 2. The van der Waals surface area contributed by atoms with Crippen molar-refractivity contribution < 1.29 is 4.74 Å². The second-order valence-electron chi connectivity index (χ2n) is 8.12. The molecule has 1 aliphatic heterocycles. The second kappa shape index (κ2) is 14.0. The van der Waals surface area contributed by atoms with E-state index in [1.165, 1.54) is 0 Å². The van der Waals surface area contributed by atoms with Crippen LogP contribution in [0.2, 0.25) is 0 Å². The fraction of sp³-hybridized carbons (Fsp3) is 0.947. The first-order valence-electron chi connectivity index (χ1n) is 9.94. The van der Waals surface area contributed by atoms with Gasteiger partial charge in [-0.15, -0.1) is 24.0 Å². The zero-order chi connectivity index (χ0) is 18.7. The third-order valence-corrected chi connectivity index (χ3v) is 4.17. The van der Waals surface area contributed by atoms with Gasteiger partial charge in [0.2, 0.25) is 0 Å². The monoisotopic (exact) mass is 483 g/mol. The minimum Gasteiger partial charge on any atom is -0.377 e. The van der Waals surface area contributed by atoms with Crippen LogP contribution in [0.3, 0.4) is 0 Å². The zero-order valence-corrected chi connectivity index (χ0v) is 20.1. The van der Waals surface area contributed by atoms with Gasteiger partial charge in [0.15, 0.2) is 5.96 Å². The van der Waals surface area contributed by atoms with Gasteiger partial charge in [0.05, 0.1) is 19.3 Å². The Morgan fingerprint density at radius 1 is 1.23 bits per heavy atom. The van der Waals surface area contributed by atoms with Gasteiger partial charge in [-0.05, 0) is 54.4 Å². The van der Waals surface area contributed by atoms with Crippen molar-refractivity contribution in [3.63, 3.8) is 0 Å². The fourth-order valence-corrected chi connectivity index (χ4v) is 2.83. The highest BCUT2D eigenvalue weighted by Crippen LogP contribution is 2.10. The van der Waals surface area contributed by atoms with Crippen LogP contribution in [0.4, 0.5) is 0 Å². The molecule has 7 heteroatoms. The van der Waals surface area contributed by atoms with Gasteiger partial charge in [-0.1, -0.05) is 0 Å². The summed E-state index contributed by atoms with van der Waals surface area (Å²) in [6.45, 7) is 19.6. The summed E-state index contributed by atoms with van der Waals surface area (Å²) in [6, 6.07) is 0.510. The third-order valence-electron chi connectivity index (χ3n) is 4.17. The minimum absolute atomic E-state index is 0. The standard InChI is InChI=1S/C19H41N5O.HI/c1-7-20-18(21-10-11-22-19(4,5)6)23-17-8-12-24(13-9-17)14-15-25-16(2)3;/h16-17,22H,7-15H2,1-6H3,(H2,20,21,23);1H. The lowest BCUT2D eigenvalue weighted by atomic mass is 10.1. The summed E-state index contributed by atoms with van der Waals surface area (Å²) in [6.07, 6.45) is 2.64. The largest absolute Gasteiger partial charge is 0.377 e. The van der Waals surface area contributed by atoms with Crippen molar-refractivity contribution in [2.24, 2.45) is 4.99 Å². The Balaban J connectivity index is 0.00000625. The molecule has 0 bridgehead atoms. The molecule has 26 heavy (non-hydrogen) atoms. The summed E-state index contributed by atoms with van der Waals surface area (Å²) in [5.41, 5.74) is 0.146. The van der Waals surface area contributed by atoms with Crippen molar-refractivity contribution in [3.8, 4) is 0 Å². The van der Waals surface area contributed by atoms with E-state index < -0.39 is 0 Å². The maximum atomic E-state index is 5.65. The Bertz CT molecular complexity index is 377. The van der Waals surface area contributed by atoms with E-state index in [2.05, 4.69) is 62.4 Å². The molecule has 6 nitrogen and oxygen atoms in total. The Labute approximate surface area is 178 Å². The Morgan fingerprint density at radius 3 is 2.42 bits per heavy atom. The number of guanidine groups is 1. The Hall–Kier alpha value is -0.120. The number of piperidine rings is 1. The van der Waals surface area contributed by atoms with E-state index in [1.54, 1.807) is 0 Å². The van der Waals surface area contributed by atoms with Crippen molar-refractivity contribution in [3.05, 3.63) is 0 Å². The van der Waals surface area contributed by atoms with Crippen molar-refractivity contribution in [2.75, 3.05) is 45.9 Å². The lowest BCUT2D eigenvalue weighted by Gasteiger charge is -2.33. The van der Waals surface area contributed by atoms with Gasteiger partial charge >= 0.3 is 0 Å². The minimum atomic E-state index is 0. The number of ether oxygens (including phenoxy) is 1. The summed E-state index contributed by atoms with van der Waals surface area (Å²) >= 11 is 0. The summed E-state index contributed by atoms with van der Waals surface area (Å²) in [7, 11) is 0. The normalized spacial score (nSPS) is 17.3. The maximum Gasteiger partial charge on any atom is 0.191 e. The number of aliphatic imine (C=N–C) groups is 1. The molecule has 1 aliphatic rings. The lowest BCUT2D eigenvalue weighted by molar-refractivity contribution is 0.0532. The molecular weight excluding hydrogens is 441 g/mol. The number of halogens is 1. The molecule has 0 amide bonds. The quantitative estimate of drug-likeness (QED) is 0.204. The average molecular weight is 483 g/mol. The first-order valence-corrected chi connectivity index (χ1v) is 9.94. The van der Waals surface area contributed by atoms with E-state index in [9.17, 15) is 0 Å². The van der Waals surface area contributed by atoms with Gasteiger partial charge in [-0.3, -0.25) is 4.99 Å². The van der Waals surface area contributed by atoms with Crippen LogP contribution >= 0.6 is 24.0 Å². The molecule has 0 unspecified atom stereocenters. The fourth-order valence-electron chi connectivity index (χ4n) is 2.83. The summed E-state index contributed by atoms with van der Waals surface area (Å²) in [5.74, 6) is 0.944. The third kappa shape index (κ3) is 13.1. The second-order valence-corrected chi connectivity index (χ2v) is 8.12. The summed E-state index contributed by atoms with van der Waals surface area (Å²) in [4.78, 5) is 7.19. The SMILES string of the molecule is CCNC(=NCCNC(C)(C)C)NC1CCN(CCOC(C)C)CC1.I. The van der Waals surface area contributed by atoms with Crippen LogP contribution in [0, 0.1) is 0 Å². The first-order chi connectivity index (χ1) is 11.8. The number of nitrogens with one attached hydrogen (secondary N) is 3. The first kappa shape index (κ1) is 25.9. The van der Waals surface area contributed by atoms with Gasteiger partial charge < -0.3 is 25.6 Å². The molecule has 1 fully saturated rings. The van der Waals surface area contributed by atoms with Crippen LogP contribution < -0.4 is 16.0 Å². The topological polar surface area (TPSA) is 60.9 Å². The highest BCUT2D eigenvalue weighted by Gasteiger charge is 2.19. The van der Waals surface area contributed by atoms with Crippen LogP contribution in [-0.2, 0) is 4.74 Å². The lowest BCUT2D eigenvalue weighted by Crippen LogP contribution is -2.49. The molecule has 0 aliphatic carbocycles. The van der Waals surface area contributed by atoms with Crippen LogP contribution in [0.15, 0.2) is 4.99 Å². The van der Waals surface area contributed by atoms with Gasteiger partial charge in [-0.2, -0.15) is 0 Å². The molecule has 0 aromatic heterocycles. The predicted molar refractivity (Wildman–Crippen MR) is 123 cm³/mol. The number of likely N-dealkylation sites (tertiary alicyclic amines) is 1. The zero-order valence-electron chi connectivity index (χ0n) is 17.7. The molecule has 3 N–H and O–H groups in total. The molecule has 0 aromatic rings. The van der Waals surface area contributed by atoms with E-state index in [0.717, 1.165) is 64.7 Å². The number of hydrogen-bond donors (Lipinski definition) is 3. The molecule has 1 rings (SSSR count). The number of hydrogen-bond acceptors (Lipinski definition) is 4. The maximum absolute atomic E-state index is 5.65. The van der Waals surface area contributed by atoms with Crippen LogP contribution in [0.25, 0.3) is 0 Å². The Morgan fingerprint density at radius 2 is 1.88 bits per heavy atom. The molecule has 0 radical (unpaired) electrons. The van der Waals surface area contributed by atoms with E-state index in [-0.39, 0.29) is 29.5 Å². The van der Waals surface area contributed by atoms with Gasteiger partial charge in [-0.25, -0.2) is 0 Å². The average Bonchev–Trinajstić information content (AvgIpc) is 2.52. The summed E-state index contributed by atoms with van der Waals surface area (Å²) < 4.78 is 5.65. The molecule has 0 aromatic carbocycles. The molecule has 156 valence electrons. The van der Waals surface area contributed by atoms with Crippen molar-refractivity contribution in [1.29, 1.82) is 0 Å². The Kier molecular flexibility index (Phi) is 13.9. The van der Waals surface area contributed by atoms with Gasteiger partial charge in [0.1, 0.15) is 0 Å². The van der Waals surface area contributed by atoms with Crippen molar-refractivity contribution in [2.45, 2.75) is 72.1 Å². The summed E-state index contributed by atoms with van der Waals surface area (Å²) in [5, 5.41) is 10.4. The van der Waals surface area contributed by atoms with E-state index in [0.29, 0.717) is 12.1 Å². The van der Waals surface area contributed by atoms with Gasteiger partial charge in [0.25, 0.3) is 0 Å². The van der Waals surface area contributed by atoms with Crippen LogP contribution in [-0.4, -0.2) is 74.4 Å². The highest BCUT2D eigenvalue weighted by molar-refractivity contribution is 14.0.